The summed E-state index contributed by atoms with van der Waals surface area (Å²) in [6, 6.07) is 8.63. The predicted molar refractivity (Wildman–Crippen MR) is 87.5 cm³/mol. The molecule has 0 spiro atoms. The van der Waals surface area contributed by atoms with Crippen LogP contribution in [-0.2, 0) is 16.1 Å². The van der Waals surface area contributed by atoms with Crippen LogP contribution in [-0.4, -0.2) is 46.2 Å². The summed E-state index contributed by atoms with van der Waals surface area (Å²) in [7, 11) is 0. The summed E-state index contributed by atoms with van der Waals surface area (Å²) in [5.41, 5.74) is 0.873. The van der Waals surface area contributed by atoms with Gasteiger partial charge in [-0.05, 0) is 18.9 Å². The van der Waals surface area contributed by atoms with Gasteiger partial charge in [0.1, 0.15) is 12.6 Å². The van der Waals surface area contributed by atoms with Gasteiger partial charge in [-0.3, -0.25) is 9.69 Å². The van der Waals surface area contributed by atoms with Crippen molar-refractivity contribution in [3.63, 3.8) is 0 Å². The predicted octanol–water partition coefficient (Wildman–Crippen LogP) is 2.03. The summed E-state index contributed by atoms with van der Waals surface area (Å²) in [5, 5.41) is 8.89. The minimum atomic E-state index is -0.694. The number of ether oxygens (including phenoxy) is 1. The molecule has 0 N–H and O–H groups in total. The van der Waals surface area contributed by atoms with E-state index in [9.17, 15) is 9.59 Å². The zero-order chi connectivity index (χ0) is 16.8. The minimum absolute atomic E-state index is 0.106. The molecule has 0 bridgehead atoms. The third-order valence-electron chi connectivity index (χ3n) is 3.71. The van der Waals surface area contributed by atoms with E-state index >= 15 is 0 Å². The number of carbonyl (C=O) groups is 2. The van der Waals surface area contributed by atoms with Crippen molar-refractivity contribution in [3.05, 3.63) is 35.9 Å². The molecule has 0 radical (unpaired) electrons. The number of hydrogen-bond donors (Lipinski definition) is 1. The summed E-state index contributed by atoms with van der Waals surface area (Å²) in [6.45, 7) is 2.46. The number of likely N-dealkylation sites (N-methyl/N-ethyl adjacent to an activating group) is 1. The Labute approximate surface area is 141 Å². The number of nitrogens with zero attached hydrogens (tertiary/aromatic N) is 3. The van der Waals surface area contributed by atoms with Crippen LogP contribution >= 0.6 is 12.6 Å². The van der Waals surface area contributed by atoms with E-state index in [-0.39, 0.29) is 24.3 Å². The van der Waals surface area contributed by atoms with E-state index in [0.29, 0.717) is 13.0 Å². The molecule has 6 nitrogen and oxygen atoms in total. The van der Waals surface area contributed by atoms with E-state index in [0.717, 1.165) is 10.5 Å². The lowest BCUT2D eigenvalue weighted by Crippen LogP contribution is -2.46. The Balaban J connectivity index is 2.02. The van der Waals surface area contributed by atoms with E-state index in [1.807, 2.05) is 36.5 Å². The Morgan fingerprint density at radius 2 is 2.13 bits per heavy atom. The second kappa shape index (κ2) is 7.88. The highest BCUT2D eigenvalue weighted by Gasteiger charge is 2.41. The van der Waals surface area contributed by atoms with Crippen LogP contribution in [0.1, 0.15) is 18.9 Å². The van der Waals surface area contributed by atoms with Gasteiger partial charge < -0.3 is 4.74 Å². The van der Waals surface area contributed by atoms with Crippen LogP contribution in [0.4, 0.5) is 4.79 Å². The highest BCUT2D eigenvalue weighted by atomic mass is 32.1. The summed E-state index contributed by atoms with van der Waals surface area (Å²) < 4.78 is 5.29. The highest BCUT2D eigenvalue weighted by molar-refractivity contribution is 7.81. The van der Waals surface area contributed by atoms with Crippen molar-refractivity contribution < 1.29 is 14.3 Å². The van der Waals surface area contributed by atoms with Gasteiger partial charge in [-0.2, -0.15) is 17.9 Å². The number of hydrogen-bond acceptors (Lipinski definition) is 5. The third-order valence-corrected chi connectivity index (χ3v) is 4.08. The number of benzene rings is 1. The number of nitriles is 1. The first-order chi connectivity index (χ1) is 11.1. The Morgan fingerprint density at radius 1 is 1.43 bits per heavy atom. The molecule has 1 fully saturated rings. The fourth-order valence-electron chi connectivity index (χ4n) is 2.51. The van der Waals surface area contributed by atoms with Crippen LogP contribution < -0.4 is 0 Å². The van der Waals surface area contributed by atoms with Crippen LogP contribution in [0.25, 0.3) is 0 Å². The number of carbonyl (C=O) groups excluding carboxylic acids is 2. The Bertz CT molecular complexity index is 602. The lowest BCUT2D eigenvalue weighted by atomic mass is 10.2. The van der Waals surface area contributed by atoms with Crippen molar-refractivity contribution in [2.45, 2.75) is 31.2 Å². The molecule has 2 unspecified atom stereocenters. The largest absolute Gasteiger partial charge is 0.445 e. The summed E-state index contributed by atoms with van der Waals surface area (Å²) in [5.74, 6) is -0.386. The molecular formula is C16H19N3O3S. The number of amides is 2. The van der Waals surface area contributed by atoms with Crippen molar-refractivity contribution in [1.82, 2.24) is 9.80 Å². The van der Waals surface area contributed by atoms with Crippen LogP contribution in [0.3, 0.4) is 0 Å². The van der Waals surface area contributed by atoms with E-state index in [1.54, 1.807) is 6.92 Å². The van der Waals surface area contributed by atoms with Crippen LogP contribution in [0.2, 0.25) is 0 Å². The molecule has 2 atom stereocenters. The maximum Gasteiger partial charge on any atom is 0.410 e. The third kappa shape index (κ3) is 4.17. The Hall–Kier alpha value is -2.20. The zero-order valence-corrected chi connectivity index (χ0v) is 13.8. The monoisotopic (exact) mass is 333 g/mol. The molecule has 0 aliphatic carbocycles. The average Bonchev–Trinajstić information content (AvgIpc) is 2.96. The van der Waals surface area contributed by atoms with Crippen LogP contribution in [0.15, 0.2) is 30.3 Å². The van der Waals surface area contributed by atoms with Gasteiger partial charge in [0.2, 0.25) is 0 Å². The van der Waals surface area contributed by atoms with Gasteiger partial charge in [0, 0.05) is 18.3 Å². The maximum absolute atomic E-state index is 12.4. The van der Waals surface area contributed by atoms with Crippen LogP contribution in [0.5, 0.6) is 0 Å². The molecule has 23 heavy (non-hydrogen) atoms. The molecule has 1 aromatic carbocycles. The van der Waals surface area contributed by atoms with E-state index in [1.165, 1.54) is 4.90 Å². The van der Waals surface area contributed by atoms with Gasteiger partial charge >= 0.3 is 6.09 Å². The van der Waals surface area contributed by atoms with E-state index in [2.05, 4.69) is 12.6 Å². The molecule has 2 rings (SSSR count). The zero-order valence-electron chi connectivity index (χ0n) is 12.9. The minimum Gasteiger partial charge on any atom is -0.445 e. The molecule has 7 heteroatoms. The first kappa shape index (κ1) is 17.2. The topological polar surface area (TPSA) is 73.6 Å². The van der Waals surface area contributed by atoms with Crippen molar-refractivity contribution in [1.29, 1.82) is 5.26 Å². The molecule has 1 aromatic rings. The van der Waals surface area contributed by atoms with E-state index in [4.69, 9.17) is 10.00 Å². The smallest absolute Gasteiger partial charge is 0.410 e. The Kier molecular flexibility index (Phi) is 5.88. The van der Waals surface area contributed by atoms with Crippen molar-refractivity contribution in [2.24, 2.45) is 0 Å². The summed E-state index contributed by atoms with van der Waals surface area (Å²) in [4.78, 5) is 27.1. The molecular weight excluding hydrogens is 314 g/mol. The lowest BCUT2D eigenvalue weighted by Gasteiger charge is -2.25. The molecule has 1 aliphatic heterocycles. The number of rotatable bonds is 4. The molecule has 0 aromatic heterocycles. The van der Waals surface area contributed by atoms with E-state index < -0.39 is 12.1 Å². The van der Waals surface area contributed by atoms with Crippen LogP contribution in [0, 0.1) is 11.5 Å². The summed E-state index contributed by atoms with van der Waals surface area (Å²) >= 11 is 4.36. The first-order valence-electron chi connectivity index (χ1n) is 7.43. The molecule has 2 amide bonds. The van der Waals surface area contributed by atoms with Gasteiger partial charge in [0.15, 0.2) is 6.19 Å². The van der Waals surface area contributed by atoms with Gasteiger partial charge in [0.05, 0.1) is 0 Å². The van der Waals surface area contributed by atoms with Crippen molar-refractivity contribution in [3.8, 4) is 6.19 Å². The maximum atomic E-state index is 12.4. The quantitative estimate of drug-likeness (QED) is 0.520. The second-order valence-electron chi connectivity index (χ2n) is 5.28. The van der Waals surface area contributed by atoms with Gasteiger partial charge in [0.25, 0.3) is 5.91 Å². The van der Waals surface area contributed by atoms with Gasteiger partial charge in [-0.15, -0.1) is 0 Å². The normalized spacial score (nSPS) is 20.0. The highest BCUT2D eigenvalue weighted by Crippen LogP contribution is 2.24. The second-order valence-corrected chi connectivity index (χ2v) is 6.01. The van der Waals surface area contributed by atoms with Gasteiger partial charge in [-0.25, -0.2) is 9.69 Å². The lowest BCUT2D eigenvalue weighted by molar-refractivity contribution is -0.132. The fourth-order valence-corrected chi connectivity index (χ4v) is 2.88. The molecule has 1 saturated heterocycles. The SMILES string of the molecule is CCN(C#N)C(=O)C1CC(S)CN1C(=O)OCc1ccccc1. The fraction of sp³-hybridized carbons (Fsp3) is 0.438. The Morgan fingerprint density at radius 3 is 2.74 bits per heavy atom. The first-order valence-corrected chi connectivity index (χ1v) is 7.95. The standard InChI is InChI=1S/C16H19N3O3S/c1-2-18(11-17)15(20)14-8-13(23)9-19(14)16(21)22-10-12-6-4-3-5-7-12/h3-7,13-14,23H,2,8-10H2,1H3. The average molecular weight is 333 g/mol. The summed E-state index contributed by atoms with van der Waals surface area (Å²) in [6.07, 6.45) is 1.70. The molecule has 1 aliphatic rings. The number of thiol groups is 1. The van der Waals surface area contributed by atoms with Gasteiger partial charge in [-0.1, -0.05) is 30.3 Å². The molecule has 1 heterocycles. The van der Waals surface area contributed by atoms with Crippen molar-refractivity contribution >= 4 is 24.6 Å². The van der Waals surface area contributed by atoms with Crippen molar-refractivity contribution in [2.75, 3.05) is 13.1 Å². The number of likely N-dealkylation sites (tertiary alicyclic amines) is 1. The molecule has 0 saturated carbocycles. The molecule has 122 valence electrons.